The maximum atomic E-state index is 12.9. The van der Waals surface area contributed by atoms with Crippen LogP contribution in [0.15, 0.2) is 78.9 Å². The average Bonchev–Trinajstić information content (AvgIpc) is 3.22. The number of para-hydroxylation sites is 1. The molecule has 1 aliphatic heterocycles. The van der Waals surface area contributed by atoms with Crippen LogP contribution in [-0.2, 0) is 9.59 Å². The largest absolute Gasteiger partial charge is 0.326 e. The van der Waals surface area contributed by atoms with Gasteiger partial charge in [-0.2, -0.15) is 0 Å². The van der Waals surface area contributed by atoms with Crippen molar-refractivity contribution in [2.45, 2.75) is 44.4 Å². The summed E-state index contributed by atoms with van der Waals surface area (Å²) in [6.45, 7) is 6.33. The van der Waals surface area contributed by atoms with E-state index in [2.05, 4.69) is 25.2 Å². The van der Waals surface area contributed by atoms with E-state index >= 15 is 0 Å². The zero-order valence-electron chi connectivity index (χ0n) is 19.3. The average molecular weight is 459 g/mol. The fourth-order valence-electron chi connectivity index (χ4n) is 4.34. The van der Waals surface area contributed by atoms with Gasteiger partial charge >= 0.3 is 0 Å². The Labute approximate surface area is 200 Å². The van der Waals surface area contributed by atoms with Gasteiger partial charge in [-0.3, -0.25) is 14.5 Å². The van der Waals surface area contributed by atoms with E-state index in [9.17, 15) is 9.59 Å². The van der Waals surface area contributed by atoms with Crippen molar-refractivity contribution in [2.75, 3.05) is 16.0 Å². The minimum atomic E-state index is -0.183. The summed E-state index contributed by atoms with van der Waals surface area (Å²) in [6, 6.07) is 25.9. The Balaban J connectivity index is 1.53. The van der Waals surface area contributed by atoms with Crippen molar-refractivity contribution in [1.82, 2.24) is 0 Å². The number of nitrogens with zero attached hydrogens (tertiary/aromatic N) is 1. The summed E-state index contributed by atoms with van der Waals surface area (Å²) in [5, 5.41) is 2.98. The summed E-state index contributed by atoms with van der Waals surface area (Å²) in [5.74, 6) is 0.731. The minimum absolute atomic E-state index is 0.00523. The summed E-state index contributed by atoms with van der Waals surface area (Å²) < 4.78 is 0. The predicted octanol–water partition coefficient (Wildman–Crippen LogP) is 6.72. The maximum absolute atomic E-state index is 12.9. The topological polar surface area (TPSA) is 49.4 Å². The molecule has 1 aliphatic rings. The number of hydrogen-bond donors (Lipinski definition) is 1. The van der Waals surface area contributed by atoms with Crippen molar-refractivity contribution in [3.63, 3.8) is 0 Å². The van der Waals surface area contributed by atoms with E-state index in [0.717, 1.165) is 28.9 Å². The van der Waals surface area contributed by atoms with Gasteiger partial charge in [-0.25, -0.2) is 0 Å². The molecule has 2 amide bonds. The third-order valence-electron chi connectivity index (χ3n) is 6.08. The van der Waals surface area contributed by atoms with E-state index in [1.165, 1.54) is 5.56 Å². The lowest BCUT2D eigenvalue weighted by Gasteiger charge is -2.27. The highest BCUT2D eigenvalue weighted by atomic mass is 32.2. The molecular formula is C28H30N2O2S. The molecule has 4 nitrogen and oxygen atoms in total. The molecule has 0 aliphatic carbocycles. The zero-order chi connectivity index (χ0) is 23.4. The van der Waals surface area contributed by atoms with E-state index in [4.69, 9.17) is 0 Å². The van der Waals surface area contributed by atoms with Gasteiger partial charge in [0, 0.05) is 11.4 Å². The van der Waals surface area contributed by atoms with Crippen LogP contribution in [0.3, 0.4) is 0 Å². The zero-order valence-corrected chi connectivity index (χ0v) is 20.1. The van der Waals surface area contributed by atoms with Gasteiger partial charge in [0.2, 0.25) is 11.8 Å². The summed E-state index contributed by atoms with van der Waals surface area (Å²) in [5.41, 5.74) is 5.00. The van der Waals surface area contributed by atoms with Crippen molar-refractivity contribution in [3.8, 4) is 0 Å². The normalized spacial score (nSPS) is 16.8. The molecule has 170 valence electrons. The number of hydrogen-bond acceptors (Lipinski definition) is 3. The Morgan fingerprint density at radius 3 is 2.33 bits per heavy atom. The molecule has 1 fully saturated rings. The second kappa shape index (κ2) is 10.3. The molecule has 2 atom stereocenters. The molecule has 1 saturated heterocycles. The third-order valence-corrected chi connectivity index (χ3v) is 7.29. The molecule has 1 heterocycles. The maximum Gasteiger partial charge on any atom is 0.238 e. The SMILES string of the molecule is CC[C@@H](C(=O)Nc1ccc([C@H]2SCC(=O)N2c2ccccc2C(C)C)cc1)c1ccccc1. The first kappa shape index (κ1) is 23.1. The molecule has 3 aromatic carbocycles. The van der Waals surface area contributed by atoms with Crippen LogP contribution in [0.4, 0.5) is 11.4 Å². The molecule has 33 heavy (non-hydrogen) atoms. The molecule has 4 rings (SSSR count). The van der Waals surface area contributed by atoms with E-state index in [0.29, 0.717) is 11.7 Å². The van der Waals surface area contributed by atoms with Crippen molar-refractivity contribution >= 4 is 35.0 Å². The lowest BCUT2D eigenvalue weighted by Crippen LogP contribution is -2.29. The molecule has 0 bridgehead atoms. The first-order valence-electron chi connectivity index (χ1n) is 11.5. The molecule has 0 saturated carbocycles. The van der Waals surface area contributed by atoms with Gasteiger partial charge in [0.25, 0.3) is 0 Å². The van der Waals surface area contributed by atoms with Crippen LogP contribution < -0.4 is 10.2 Å². The second-order valence-electron chi connectivity index (χ2n) is 8.62. The lowest BCUT2D eigenvalue weighted by atomic mass is 9.95. The Kier molecular flexibility index (Phi) is 7.19. The van der Waals surface area contributed by atoms with Gasteiger partial charge in [0.1, 0.15) is 5.37 Å². The first-order chi connectivity index (χ1) is 16.0. The standard InChI is InChI=1S/C28H30N2O2S/c1-4-23(20-10-6-5-7-11-20)27(32)29-22-16-14-21(15-17-22)28-30(26(31)18-33-28)25-13-9-8-12-24(25)19(2)3/h5-17,19,23,28H,4,18H2,1-3H3,(H,29,32)/t23-,28-/m1/s1. The highest BCUT2D eigenvalue weighted by Gasteiger charge is 2.35. The van der Waals surface area contributed by atoms with Gasteiger partial charge in [-0.05, 0) is 47.2 Å². The van der Waals surface area contributed by atoms with Crippen LogP contribution in [0.25, 0.3) is 0 Å². The second-order valence-corrected chi connectivity index (χ2v) is 9.69. The quantitative estimate of drug-likeness (QED) is 0.427. The third kappa shape index (κ3) is 4.98. The van der Waals surface area contributed by atoms with Crippen molar-refractivity contribution in [1.29, 1.82) is 0 Å². The summed E-state index contributed by atoms with van der Waals surface area (Å²) >= 11 is 1.64. The van der Waals surface area contributed by atoms with Crippen LogP contribution in [0.2, 0.25) is 0 Å². The van der Waals surface area contributed by atoms with Crippen LogP contribution >= 0.6 is 11.8 Å². The molecule has 3 aromatic rings. The molecule has 0 aromatic heterocycles. The van der Waals surface area contributed by atoms with Gasteiger partial charge in [0.15, 0.2) is 0 Å². The highest BCUT2D eigenvalue weighted by Crippen LogP contribution is 2.44. The van der Waals surface area contributed by atoms with E-state index < -0.39 is 0 Å². The highest BCUT2D eigenvalue weighted by molar-refractivity contribution is 8.00. The minimum Gasteiger partial charge on any atom is -0.326 e. The van der Waals surface area contributed by atoms with E-state index in [1.807, 2.05) is 84.6 Å². The summed E-state index contributed by atoms with van der Waals surface area (Å²) in [7, 11) is 0. The fraction of sp³-hybridized carbons (Fsp3) is 0.286. The number of carbonyl (C=O) groups is 2. The van der Waals surface area contributed by atoms with Gasteiger partial charge in [0.05, 0.1) is 11.7 Å². The molecule has 0 radical (unpaired) electrons. The van der Waals surface area contributed by atoms with Gasteiger partial charge in [-0.1, -0.05) is 81.4 Å². The van der Waals surface area contributed by atoms with Crippen LogP contribution in [0.5, 0.6) is 0 Å². The van der Waals surface area contributed by atoms with Crippen LogP contribution in [0, 0.1) is 0 Å². The molecule has 5 heteroatoms. The Bertz CT molecular complexity index is 1110. The van der Waals surface area contributed by atoms with Crippen molar-refractivity contribution in [2.24, 2.45) is 0 Å². The Morgan fingerprint density at radius 2 is 1.67 bits per heavy atom. The number of rotatable bonds is 7. The predicted molar refractivity (Wildman–Crippen MR) is 138 cm³/mol. The lowest BCUT2D eigenvalue weighted by molar-refractivity contribution is -0.118. The fourth-order valence-corrected chi connectivity index (χ4v) is 5.51. The number of thioether (sulfide) groups is 1. The van der Waals surface area contributed by atoms with Gasteiger partial charge < -0.3 is 5.32 Å². The molecule has 1 N–H and O–H groups in total. The molecule has 0 spiro atoms. The number of amides is 2. The Morgan fingerprint density at radius 1 is 1.00 bits per heavy atom. The molecule has 0 unspecified atom stereocenters. The van der Waals surface area contributed by atoms with E-state index in [-0.39, 0.29) is 23.1 Å². The Hall–Kier alpha value is -3.05. The first-order valence-corrected chi connectivity index (χ1v) is 12.5. The van der Waals surface area contributed by atoms with E-state index in [1.54, 1.807) is 11.8 Å². The smallest absolute Gasteiger partial charge is 0.238 e. The number of nitrogens with one attached hydrogen (secondary N) is 1. The number of anilines is 2. The molecular weight excluding hydrogens is 428 g/mol. The number of benzene rings is 3. The number of carbonyl (C=O) groups excluding carboxylic acids is 2. The van der Waals surface area contributed by atoms with Crippen LogP contribution in [0.1, 0.15) is 61.1 Å². The summed E-state index contributed by atoms with van der Waals surface area (Å²) in [4.78, 5) is 27.7. The van der Waals surface area contributed by atoms with Crippen molar-refractivity contribution in [3.05, 3.63) is 95.6 Å². The monoisotopic (exact) mass is 458 g/mol. The van der Waals surface area contributed by atoms with Crippen LogP contribution in [-0.4, -0.2) is 17.6 Å². The van der Waals surface area contributed by atoms with Gasteiger partial charge in [-0.15, -0.1) is 11.8 Å². The van der Waals surface area contributed by atoms with Crippen molar-refractivity contribution < 1.29 is 9.59 Å². The summed E-state index contributed by atoms with van der Waals surface area (Å²) in [6.07, 6.45) is 0.735.